The van der Waals surface area contributed by atoms with Crippen LogP contribution in [0.25, 0.3) is 10.8 Å². The molecular formula is C15H20N2O3S. The topological polar surface area (TPSA) is 69.6 Å². The second-order valence-electron chi connectivity index (χ2n) is 5.06. The van der Waals surface area contributed by atoms with Crippen molar-refractivity contribution in [3.63, 3.8) is 0 Å². The van der Waals surface area contributed by atoms with Crippen LogP contribution in [0.3, 0.4) is 0 Å². The van der Waals surface area contributed by atoms with Gasteiger partial charge in [0.1, 0.15) is 5.75 Å². The molecule has 2 rings (SSSR count). The second-order valence-corrected chi connectivity index (χ2v) is 7.36. The lowest BCUT2D eigenvalue weighted by Gasteiger charge is -2.13. The summed E-state index contributed by atoms with van der Waals surface area (Å²) in [5.74, 6) is 0.252. The van der Waals surface area contributed by atoms with Crippen LogP contribution in [-0.2, 0) is 16.6 Å². The summed E-state index contributed by atoms with van der Waals surface area (Å²) in [6.45, 7) is 0.763. The number of hydrogen-bond donors (Lipinski definition) is 2. The van der Waals surface area contributed by atoms with Crippen LogP contribution in [0.4, 0.5) is 0 Å². The summed E-state index contributed by atoms with van der Waals surface area (Å²) in [6.07, 6.45) is 0. The highest BCUT2D eigenvalue weighted by Crippen LogP contribution is 2.26. The van der Waals surface area contributed by atoms with Crippen molar-refractivity contribution in [2.75, 3.05) is 26.4 Å². The van der Waals surface area contributed by atoms with Crippen LogP contribution in [0.2, 0.25) is 0 Å². The first-order valence-electron chi connectivity index (χ1n) is 6.72. The zero-order valence-corrected chi connectivity index (χ0v) is 13.0. The summed E-state index contributed by atoms with van der Waals surface area (Å²) in [7, 11) is -0.158. The van der Waals surface area contributed by atoms with E-state index in [1.54, 1.807) is 6.07 Å². The van der Waals surface area contributed by atoms with E-state index < -0.39 is 10.0 Å². The molecule has 0 aliphatic rings. The Bertz CT molecular complexity index is 727. The zero-order valence-electron chi connectivity index (χ0n) is 12.2. The average molecular weight is 308 g/mol. The lowest BCUT2D eigenvalue weighted by Crippen LogP contribution is -2.31. The van der Waals surface area contributed by atoms with Crippen molar-refractivity contribution in [3.8, 4) is 5.75 Å². The zero-order chi connectivity index (χ0) is 15.5. The van der Waals surface area contributed by atoms with Gasteiger partial charge >= 0.3 is 0 Å². The number of aromatic hydroxyl groups is 1. The number of hydrogen-bond acceptors (Lipinski definition) is 4. The van der Waals surface area contributed by atoms with E-state index in [9.17, 15) is 13.5 Å². The molecule has 0 unspecified atom stereocenters. The van der Waals surface area contributed by atoms with Crippen molar-refractivity contribution in [2.24, 2.45) is 0 Å². The molecule has 0 aromatic heterocycles. The summed E-state index contributed by atoms with van der Waals surface area (Å²) in [6, 6.07) is 11.3. The van der Waals surface area contributed by atoms with E-state index in [-0.39, 0.29) is 11.5 Å². The highest BCUT2D eigenvalue weighted by atomic mass is 32.2. The van der Waals surface area contributed by atoms with Gasteiger partial charge in [0.15, 0.2) is 0 Å². The van der Waals surface area contributed by atoms with Crippen molar-refractivity contribution >= 4 is 20.8 Å². The van der Waals surface area contributed by atoms with Crippen molar-refractivity contribution in [1.29, 1.82) is 0 Å². The molecule has 114 valence electrons. The van der Waals surface area contributed by atoms with Gasteiger partial charge in [-0.2, -0.15) is 0 Å². The quantitative estimate of drug-likeness (QED) is 0.794. The third-order valence-electron chi connectivity index (χ3n) is 3.41. The van der Waals surface area contributed by atoms with Crippen LogP contribution >= 0.6 is 0 Å². The molecule has 0 fully saturated rings. The van der Waals surface area contributed by atoms with Crippen molar-refractivity contribution in [2.45, 2.75) is 6.54 Å². The number of phenolic OH excluding ortho intramolecular Hbond substituents is 1. The van der Waals surface area contributed by atoms with E-state index in [1.807, 2.05) is 30.3 Å². The lowest BCUT2D eigenvalue weighted by molar-refractivity contribution is 0.466. The Morgan fingerprint density at radius 1 is 1.14 bits per heavy atom. The Kier molecular flexibility index (Phi) is 4.82. The first-order valence-corrected chi connectivity index (χ1v) is 8.33. The lowest BCUT2D eigenvalue weighted by atomic mass is 10.0. The average Bonchev–Trinajstić information content (AvgIpc) is 2.45. The first-order chi connectivity index (χ1) is 9.92. The Hall–Kier alpha value is -1.63. The fourth-order valence-corrected chi connectivity index (χ4v) is 2.87. The van der Waals surface area contributed by atoms with E-state index >= 15 is 0 Å². The summed E-state index contributed by atoms with van der Waals surface area (Å²) < 4.78 is 24.5. The molecule has 2 aromatic rings. The molecule has 0 bridgehead atoms. The van der Waals surface area contributed by atoms with Crippen LogP contribution in [0.15, 0.2) is 36.4 Å². The highest BCUT2D eigenvalue weighted by molar-refractivity contribution is 7.89. The molecule has 6 heteroatoms. The van der Waals surface area contributed by atoms with Crippen LogP contribution in [0.5, 0.6) is 5.75 Å². The van der Waals surface area contributed by atoms with E-state index in [4.69, 9.17) is 0 Å². The molecule has 5 nitrogen and oxygen atoms in total. The molecule has 2 N–H and O–H groups in total. The van der Waals surface area contributed by atoms with Crippen LogP contribution in [0, 0.1) is 0 Å². The van der Waals surface area contributed by atoms with Gasteiger partial charge in [0, 0.05) is 32.7 Å². The number of phenols is 1. The first kappa shape index (κ1) is 15.8. The number of sulfonamides is 1. The predicted octanol–water partition coefficient (Wildman–Crippen LogP) is 1.53. The highest BCUT2D eigenvalue weighted by Gasteiger charge is 2.13. The predicted molar refractivity (Wildman–Crippen MR) is 84.8 cm³/mol. The molecule has 0 aliphatic heterocycles. The van der Waals surface area contributed by atoms with Gasteiger partial charge in [-0.05, 0) is 16.8 Å². The van der Waals surface area contributed by atoms with E-state index in [2.05, 4.69) is 5.32 Å². The molecule has 21 heavy (non-hydrogen) atoms. The minimum Gasteiger partial charge on any atom is -0.508 e. The Morgan fingerprint density at radius 3 is 2.57 bits per heavy atom. The third-order valence-corrected chi connectivity index (χ3v) is 5.24. The molecular weight excluding hydrogens is 288 g/mol. The van der Waals surface area contributed by atoms with Crippen molar-refractivity contribution in [1.82, 2.24) is 9.62 Å². The smallest absolute Gasteiger partial charge is 0.214 e. The molecule has 0 saturated carbocycles. The second kappa shape index (κ2) is 6.43. The van der Waals surface area contributed by atoms with Crippen LogP contribution in [-0.4, -0.2) is 44.2 Å². The maximum atomic E-state index is 11.7. The van der Waals surface area contributed by atoms with Gasteiger partial charge in [-0.15, -0.1) is 0 Å². The number of benzene rings is 2. The number of fused-ring (bicyclic) bond motifs is 1. The summed E-state index contributed by atoms with van der Waals surface area (Å²) in [4.78, 5) is 0. The Morgan fingerprint density at radius 2 is 1.86 bits per heavy atom. The summed E-state index contributed by atoms with van der Waals surface area (Å²) in [5, 5.41) is 15.1. The Balaban J connectivity index is 2.06. The SMILES string of the molecule is CN(C)S(=O)(=O)CCNCc1c(O)ccc2ccccc12. The minimum atomic E-state index is -3.20. The monoisotopic (exact) mass is 308 g/mol. The van der Waals surface area contributed by atoms with Gasteiger partial charge in [0.2, 0.25) is 10.0 Å². The molecule has 0 radical (unpaired) electrons. The molecule has 0 saturated heterocycles. The van der Waals surface area contributed by atoms with Gasteiger partial charge < -0.3 is 10.4 Å². The van der Waals surface area contributed by atoms with E-state index in [1.165, 1.54) is 18.4 Å². The molecule has 0 atom stereocenters. The van der Waals surface area contributed by atoms with Gasteiger partial charge in [0.05, 0.1) is 5.75 Å². The Labute approximate surface area is 125 Å². The van der Waals surface area contributed by atoms with Gasteiger partial charge in [0.25, 0.3) is 0 Å². The summed E-state index contributed by atoms with van der Waals surface area (Å²) >= 11 is 0. The number of rotatable bonds is 6. The van der Waals surface area contributed by atoms with Crippen LogP contribution in [0.1, 0.15) is 5.56 Å². The number of nitrogens with zero attached hydrogens (tertiary/aromatic N) is 1. The minimum absolute atomic E-state index is 0.0333. The van der Waals surface area contributed by atoms with Crippen molar-refractivity contribution in [3.05, 3.63) is 42.0 Å². The van der Waals surface area contributed by atoms with E-state index in [0.717, 1.165) is 16.3 Å². The standard InChI is InChI=1S/C15H20N2O3S/c1-17(2)21(19,20)10-9-16-11-14-13-6-4-3-5-12(13)7-8-15(14)18/h3-8,16,18H,9-11H2,1-2H3. The fraction of sp³-hybridized carbons (Fsp3) is 0.333. The molecule has 0 aliphatic carbocycles. The fourth-order valence-electron chi connectivity index (χ4n) is 2.11. The molecule has 0 amide bonds. The molecule has 0 heterocycles. The largest absolute Gasteiger partial charge is 0.508 e. The normalized spacial score (nSPS) is 12.1. The van der Waals surface area contributed by atoms with Gasteiger partial charge in [-0.1, -0.05) is 30.3 Å². The van der Waals surface area contributed by atoms with Gasteiger partial charge in [-0.25, -0.2) is 12.7 Å². The molecule has 0 spiro atoms. The van der Waals surface area contributed by atoms with E-state index in [0.29, 0.717) is 13.1 Å². The van der Waals surface area contributed by atoms with Crippen molar-refractivity contribution < 1.29 is 13.5 Å². The maximum Gasteiger partial charge on any atom is 0.214 e. The summed E-state index contributed by atoms with van der Waals surface area (Å²) in [5.41, 5.74) is 0.787. The maximum absolute atomic E-state index is 11.7. The van der Waals surface area contributed by atoms with Gasteiger partial charge in [-0.3, -0.25) is 0 Å². The van der Waals surface area contributed by atoms with Crippen LogP contribution < -0.4 is 5.32 Å². The third kappa shape index (κ3) is 3.72. The molecule has 2 aromatic carbocycles. The number of nitrogens with one attached hydrogen (secondary N) is 1.